The summed E-state index contributed by atoms with van der Waals surface area (Å²) in [5.41, 5.74) is 0. The minimum absolute atomic E-state index is 0.819. The van der Waals surface area contributed by atoms with Crippen molar-refractivity contribution >= 4 is 15.9 Å². The molecule has 1 aliphatic rings. The summed E-state index contributed by atoms with van der Waals surface area (Å²) in [6.45, 7) is 2.01. The van der Waals surface area contributed by atoms with E-state index in [1.807, 2.05) is 24.3 Å². The van der Waals surface area contributed by atoms with E-state index >= 15 is 0 Å². The van der Waals surface area contributed by atoms with Crippen molar-refractivity contribution in [3.63, 3.8) is 0 Å². The number of quaternary nitrogens is 1. The van der Waals surface area contributed by atoms with Gasteiger partial charge in [-0.2, -0.15) is 0 Å². The fourth-order valence-corrected chi connectivity index (χ4v) is 2.76. The molecule has 0 spiro atoms. The van der Waals surface area contributed by atoms with Crippen molar-refractivity contribution in [2.45, 2.75) is 38.1 Å². The minimum atomic E-state index is 0.819. The van der Waals surface area contributed by atoms with Crippen molar-refractivity contribution in [1.29, 1.82) is 0 Å². The normalized spacial score (nSPS) is 16.3. The zero-order valence-corrected chi connectivity index (χ0v) is 11.8. The summed E-state index contributed by atoms with van der Waals surface area (Å²) in [4.78, 5) is 0. The van der Waals surface area contributed by atoms with Gasteiger partial charge in [-0.05, 0) is 43.9 Å². The summed E-state index contributed by atoms with van der Waals surface area (Å²) >= 11 is 3.44. The quantitative estimate of drug-likeness (QED) is 0.803. The molecule has 1 aromatic rings. The van der Waals surface area contributed by atoms with Gasteiger partial charge in [0.2, 0.25) is 0 Å². The Morgan fingerprint density at radius 2 is 2.12 bits per heavy atom. The van der Waals surface area contributed by atoms with Crippen LogP contribution in [0.1, 0.15) is 32.1 Å². The Labute approximate surface area is 112 Å². The van der Waals surface area contributed by atoms with Crippen molar-refractivity contribution in [3.8, 4) is 5.75 Å². The molecule has 0 aromatic heterocycles. The van der Waals surface area contributed by atoms with Gasteiger partial charge in [-0.25, -0.2) is 0 Å². The van der Waals surface area contributed by atoms with E-state index in [9.17, 15) is 0 Å². The average molecular weight is 299 g/mol. The predicted molar refractivity (Wildman–Crippen MR) is 73.3 cm³/mol. The molecule has 0 aliphatic heterocycles. The second-order valence-electron chi connectivity index (χ2n) is 4.73. The smallest absolute Gasteiger partial charge is 0.120 e. The van der Waals surface area contributed by atoms with Gasteiger partial charge in [0.05, 0.1) is 19.2 Å². The third kappa shape index (κ3) is 4.68. The van der Waals surface area contributed by atoms with Crippen molar-refractivity contribution in [2.24, 2.45) is 0 Å². The van der Waals surface area contributed by atoms with E-state index in [-0.39, 0.29) is 0 Å². The first-order valence-electron chi connectivity index (χ1n) is 6.56. The van der Waals surface area contributed by atoms with Crippen molar-refractivity contribution < 1.29 is 10.1 Å². The van der Waals surface area contributed by atoms with Gasteiger partial charge in [-0.3, -0.25) is 0 Å². The summed E-state index contributed by atoms with van der Waals surface area (Å²) in [5.74, 6) is 0.959. The van der Waals surface area contributed by atoms with Crippen molar-refractivity contribution in [2.75, 3.05) is 13.2 Å². The van der Waals surface area contributed by atoms with Gasteiger partial charge in [-0.15, -0.1) is 0 Å². The average Bonchev–Trinajstić information content (AvgIpc) is 2.82. The van der Waals surface area contributed by atoms with Crippen LogP contribution >= 0.6 is 15.9 Å². The Morgan fingerprint density at radius 1 is 1.29 bits per heavy atom. The summed E-state index contributed by atoms with van der Waals surface area (Å²) < 4.78 is 6.78. The fourth-order valence-electron chi connectivity index (χ4n) is 2.38. The largest absolute Gasteiger partial charge is 0.493 e. The predicted octanol–water partition coefficient (Wildman–Crippen LogP) is 2.72. The Hall–Kier alpha value is -0.540. The van der Waals surface area contributed by atoms with Crippen LogP contribution in [-0.4, -0.2) is 19.2 Å². The standard InChI is InChI=1S/C14H20BrNO/c15-12-5-3-8-14(11-12)17-10-4-9-16-13-6-1-2-7-13/h3,5,8,11,13,16H,1-2,4,6-7,9-10H2/p+1. The van der Waals surface area contributed by atoms with Gasteiger partial charge < -0.3 is 10.1 Å². The van der Waals surface area contributed by atoms with E-state index in [0.717, 1.165) is 29.3 Å². The highest BCUT2D eigenvalue weighted by molar-refractivity contribution is 9.10. The molecule has 0 bridgehead atoms. The number of halogens is 1. The van der Waals surface area contributed by atoms with Crippen LogP contribution in [0.4, 0.5) is 0 Å². The first-order valence-corrected chi connectivity index (χ1v) is 7.35. The molecule has 1 aliphatic carbocycles. The molecule has 1 aromatic carbocycles. The molecule has 1 fully saturated rings. The number of nitrogens with two attached hydrogens (primary N) is 1. The van der Waals surface area contributed by atoms with Crippen LogP contribution in [0, 0.1) is 0 Å². The molecule has 2 rings (SSSR count). The lowest BCUT2D eigenvalue weighted by atomic mass is 10.2. The second-order valence-corrected chi connectivity index (χ2v) is 5.64. The van der Waals surface area contributed by atoms with E-state index in [0.29, 0.717) is 0 Å². The monoisotopic (exact) mass is 298 g/mol. The number of hydrogen-bond acceptors (Lipinski definition) is 1. The number of hydrogen-bond donors (Lipinski definition) is 1. The van der Waals surface area contributed by atoms with Crippen LogP contribution in [0.2, 0.25) is 0 Å². The number of ether oxygens (including phenoxy) is 1. The van der Waals surface area contributed by atoms with Gasteiger partial charge in [0, 0.05) is 10.9 Å². The van der Waals surface area contributed by atoms with Crippen LogP contribution < -0.4 is 10.1 Å². The van der Waals surface area contributed by atoms with Crippen molar-refractivity contribution in [3.05, 3.63) is 28.7 Å². The maximum atomic E-state index is 5.70. The number of benzene rings is 1. The van der Waals surface area contributed by atoms with Crippen molar-refractivity contribution in [1.82, 2.24) is 0 Å². The van der Waals surface area contributed by atoms with E-state index < -0.39 is 0 Å². The SMILES string of the molecule is Brc1cccc(OCCC[NH2+]C2CCCC2)c1. The first kappa shape index (κ1) is 12.9. The zero-order valence-electron chi connectivity index (χ0n) is 10.2. The summed E-state index contributed by atoms with van der Waals surface area (Å²) in [5, 5.41) is 2.50. The fraction of sp³-hybridized carbons (Fsp3) is 0.571. The Kier molecular flexibility index (Phi) is 5.33. The van der Waals surface area contributed by atoms with Gasteiger partial charge >= 0.3 is 0 Å². The zero-order chi connectivity index (χ0) is 11.9. The van der Waals surface area contributed by atoms with Gasteiger partial charge in [0.1, 0.15) is 5.75 Å². The van der Waals surface area contributed by atoms with Crippen LogP contribution in [0.3, 0.4) is 0 Å². The highest BCUT2D eigenvalue weighted by Crippen LogP contribution is 2.17. The molecule has 1 saturated carbocycles. The van der Waals surface area contributed by atoms with E-state index in [1.54, 1.807) is 0 Å². The highest BCUT2D eigenvalue weighted by atomic mass is 79.9. The molecule has 17 heavy (non-hydrogen) atoms. The second kappa shape index (κ2) is 7.02. The van der Waals surface area contributed by atoms with Crippen LogP contribution in [0.15, 0.2) is 28.7 Å². The minimum Gasteiger partial charge on any atom is -0.493 e. The van der Waals surface area contributed by atoms with Gasteiger partial charge in [0.25, 0.3) is 0 Å². The molecule has 0 saturated heterocycles. The lowest BCUT2D eigenvalue weighted by molar-refractivity contribution is -0.688. The molecule has 0 heterocycles. The molecular weight excluding hydrogens is 278 g/mol. The van der Waals surface area contributed by atoms with Gasteiger partial charge in [-0.1, -0.05) is 22.0 Å². The first-order chi connectivity index (χ1) is 8.34. The van der Waals surface area contributed by atoms with Gasteiger partial charge in [0.15, 0.2) is 0 Å². The number of rotatable bonds is 6. The lowest BCUT2D eigenvalue weighted by Gasteiger charge is -2.09. The molecule has 0 unspecified atom stereocenters. The maximum absolute atomic E-state index is 5.70. The Morgan fingerprint density at radius 3 is 2.88 bits per heavy atom. The summed E-state index contributed by atoms with van der Waals surface area (Å²) in [6, 6.07) is 8.93. The molecule has 0 radical (unpaired) electrons. The maximum Gasteiger partial charge on any atom is 0.120 e. The molecule has 94 valence electrons. The van der Waals surface area contributed by atoms with Crippen LogP contribution in [0.5, 0.6) is 5.75 Å². The molecule has 0 atom stereocenters. The highest BCUT2D eigenvalue weighted by Gasteiger charge is 2.16. The third-order valence-corrected chi connectivity index (χ3v) is 3.81. The molecule has 3 heteroatoms. The van der Waals surface area contributed by atoms with E-state index in [1.165, 1.54) is 32.2 Å². The molecule has 2 N–H and O–H groups in total. The summed E-state index contributed by atoms with van der Waals surface area (Å²) in [7, 11) is 0. The van der Waals surface area contributed by atoms with Crippen LogP contribution in [-0.2, 0) is 0 Å². The van der Waals surface area contributed by atoms with E-state index in [2.05, 4.69) is 21.2 Å². The molecule has 2 nitrogen and oxygen atoms in total. The summed E-state index contributed by atoms with van der Waals surface area (Å²) in [6.07, 6.45) is 6.80. The lowest BCUT2D eigenvalue weighted by Crippen LogP contribution is -2.89. The topological polar surface area (TPSA) is 25.8 Å². The molecule has 0 amide bonds. The van der Waals surface area contributed by atoms with E-state index in [4.69, 9.17) is 4.74 Å². The Balaban J connectivity index is 1.56. The molecular formula is C14H21BrNO+. The Bertz CT molecular complexity index is 337. The van der Waals surface area contributed by atoms with Crippen LogP contribution in [0.25, 0.3) is 0 Å². The third-order valence-electron chi connectivity index (χ3n) is 3.31.